The van der Waals surface area contributed by atoms with E-state index in [1.54, 1.807) is 0 Å². The molecule has 0 unspecified atom stereocenters. The Morgan fingerprint density at radius 3 is 2.45 bits per heavy atom. The van der Waals surface area contributed by atoms with E-state index in [2.05, 4.69) is 19.2 Å². The van der Waals surface area contributed by atoms with Crippen LogP contribution in [-0.4, -0.2) is 29.8 Å². The van der Waals surface area contributed by atoms with E-state index in [4.69, 9.17) is 9.47 Å². The number of nitrogens with one attached hydrogen (secondary N) is 1. The highest BCUT2D eigenvalue weighted by Crippen LogP contribution is 2.26. The lowest BCUT2D eigenvalue weighted by atomic mass is 9.95. The summed E-state index contributed by atoms with van der Waals surface area (Å²) in [6, 6.07) is -0.196. The number of hydrogen-bond acceptors (Lipinski definition) is 4. The van der Waals surface area contributed by atoms with Gasteiger partial charge in [-0.15, -0.1) is 0 Å². The normalized spacial score (nSPS) is 24.4. The zero-order valence-corrected chi connectivity index (χ0v) is 13.4. The predicted molar refractivity (Wildman–Crippen MR) is 76.3 cm³/mol. The van der Waals surface area contributed by atoms with Gasteiger partial charge >= 0.3 is 12.1 Å². The monoisotopic (exact) mass is 285 g/mol. The second-order valence-corrected chi connectivity index (χ2v) is 6.99. The SMILES string of the molecule is CC(C)C[C@H](NC(=O)OC(C)(C)C)[C@H]1C[C@@H](C)C(=O)O1. The van der Waals surface area contributed by atoms with E-state index < -0.39 is 11.7 Å². The number of rotatable bonds is 4. The Morgan fingerprint density at radius 2 is 2.05 bits per heavy atom. The minimum atomic E-state index is -0.536. The molecule has 5 heteroatoms. The average molecular weight is 285 g/mol. The second-order valence-electron chi connectivity index (χ2n) is 6.99. The second kappa shape index (κ2) is 6.46. The highest BCUT2D eigenvalue weighted by Gasteiger charge is 2.37. The maximum Gasteiger partial charge on any atom is 0.408 e. The molecule has 0 aliphatic carbocycles. The molecule has 1 amide bonds. The van der Waals surface area contributed by atoms with Crippen molar-refractivity contribution in [2.75, 3.05) is 0 Å². The Balaban J connectivity index is 2.65. The van der Waals surface area contributed by atoms with Gasteiger partial charge in [0.05, 0.1) is 12.0 Å². The van der Waals surface area contributed by atoms with Gasteiger partial charge in [-0.1, -0.05) is 20.8 Å². The van der Waals surface area contributed by atoms with Crippen molar-refractivity contribution >= 4 is 12.1 Å². The molecule has 0 radical (unpaired) electrons. The van der Waals surface area contributed by atoms with Gasteiger partial charge < -0.3 is 14.8 Å². The molecule has 0 bridgehead atoms. The summed E-state index contributed by atoms with van der Waals surface area (Å²) < 4.78 is 10.6. The standard InChI is InChI=1S/C15H27NO4/c1-9(2)7-11(12-8-10(3)13(17)19-12)16-14(18)20-15(4,5)6/h9-12H,7-8H2,1-6H3,(H,16,18)/t10-,11+,12-/m1/s1. The highest BCUT2D eigenvalue weighted by molar-refractivity contribution is 5.74. The van der Waals surface area contributed by atoms with Gasteiger partial charge in [-0.2, -0.15) is 0 Å². The number of cyclic esters (lactones) is 1. The molecular weight excluding hydrogens is 258 g/mol. The van der Waals surface area contributed by atoms with Gasteiger partial charge in [-0.25, -0.2) is 4.79 Å². The fraction of sp³-hybridized carbons (Fsp3) is 0.867. The summed E-state index contributed by atoms with van der Waals surface area (Å²) in [6.07, 6.45) is 0.682. The third kappa shape index (κ3) is 5.39. The molecule has 3 atom stereocenters. The topological polar surface area (TPSA) is 64.6 Å². The Bertz CT molecular complexity index is 359. The Labute approximate surface area is 121 Å². The number of esters is 1. The maximum atomic E-state index is 11.9. The van der Waals surface area contributed by atoms with Crippen LogP contribution in [0.3, 0.4) is 0 Å². The van der Waals surface area contributed by atoms with E-state index in [9.17, 15) is 9.59 Å². The van der Waals surface area contributed by atoms with Crippen LogP contribution in [0.5, 0.6) is 0 Å². The van der Waals surface area contributed by atoms with Crippen molar-refractivity contribution in [3.63, 3.8) is 0 Å². The van der Waals surface area contributed by atoms with Gasteiger partial charge in [-0.3, -0.25) is 4.79 Å². The lowest BCUT2D eigenvalue weighted by molar-refractivity contribution is -0.145. The van der Waals surface area contributed by atoms with E-state index in [-0.39, 0.29) is 24.0 Å². The van der Waals surface area contributed by atoms with Crippen LogP contribution in [0.4, 0.5) is 4.79 Å². The fourth-order valence-corrected chi connectivity index (χ4v) is 2.27. The van der Waals surface area contributed by atoms with Gasteiger partial charge in [0.25, 0.3) is 0 Å². The quantitative estimate of drug-likeness (QED) is 0.807. The Hall–Kier alpha value is -1.26. The first-order valence-electron chi connectivity index (χ1n) is 7.28. The van der Waals surface area contributed by atoms with Crippen LogP contribution < -0.4 is 5.32 Å². The van der Waals surface area contributed by atoms with Gasteiger partial charge in [0.15, 0.2) is 0 Å². The lowest BCUT2D eigenvalue weighted by Gasteiger charge is -2.27. The van der Waals surface area contributed by atoms with Crippen LogP contribution >= 0.6 is 0 Å². The van der Waals surface area contributed by atoms with E-state index in [0.717, 1.165) is 6.42 Å². The minimum absolute atomic E-state index is 0.102. The summed E-state index contributed by atoms with van der Waals surface area (Å²) in [5.74, 6) is 0.106. The van der Waals surface area contributed by atoms with E-state index in [1.165, 1.54) is 0 Å². The van der Waals surface area contributed by atoms with Crippen molar-refractivity contribution in [2.24, 2.45) is 11.8 Å². The van der Waals surface area contributed by atoms with Crippen molar-refractivity contribution in [3.8, 4) is 0 Å². The summed E-state index contributed by atoms with van der Waals surface area (Å²) in [7, 11) is 0. The van der Waals surface area contributed by atoms with Crippen LogP contribution in [0.2, 0.25) is 0 Å². The molecule has 0 saturated carbocycles. The fourth-order valence-electron chi connectivity index (χ4n) is 2.27. The first-order valence-corrected chi connectivity index (χ1v) is 7.28. The summed E-state index contributed by atoms with van der Waals surface area (Å²) in [5, 5.41) is 2.85. The van der Waals surface area contributed by atoms with Crippen molar-refractivity contribution in [3.05, 3.63) is 0 Å². The number of ether oxygens (including phenoxy) is 2. The van der Waals surface area contributed by atoms with E-state index in [0.29, 0.717) is 12.3 Å². The molecular formula is C15H27NO4. The van der Waals surface area contributed by atoms with Crippen LogP contribution in [0.15, 0.2) is 0 Å². The number of amides is 1. The Kier molecular flexibility index (Phi) is 5.42. The molecule has 0 aromatic carbocycles. The number of hydrogen-bond donors (Lipinski definition) is 1. The number of carbonyl (C=O) groups is 2. The largest absolute Gasteiger partial charge is 0.460 e. The summed E-state index contributed by atoms with van der Waals surface area (Å²) in [4.78, 5) is 23.4. The van der Waals surface area contributed by atoms with Crippen molar-refractivity contribution in [2.45, 2.75) is 72.1 Å². The van der Waals surface area contributed by atoms with Gasteiger partial charge in [0, 0.05) is 0 Å². The zero-order valence-electron chi connectivity index (χ0n) is 13.4. The number of alkyl carbamates (subject to hydrolysis) is 1. The molecule has 20 heavy (non-hydrogen) atoms. The smallest absolute Gasteiger partial charge is 0.408 e. The minimum Gasteiger partial charge on any atom is -0.460 e. The van der Waals surface area contributed by atoms with Crippen LogP contribution in [0.1, 0.15) is 54.4 Å². The molecule has 1 aliphatic rings. The summed E-state index contributed by atoms with van der Waals surface area (Å²) in [6.45, 7) is 11.5. The molecule has 1 aliphatic heterocycles. The van der Waals surface area contributed by atoms with Crippen LogP contribution in [-0.2, 0) is 14.3 Å². The van der Waals surface area contributed by atoms with Crippen molar-refractivity contribution < 1.29 is 19.1 Å². The molecule has 0 aromatic rings. The van der Waals surface area contributed by atoms with Gasteiger partial charge in [0.2, 0.25) is 0 Å². The first kappa shape index (κ1) is 16.8. The Morgan fingerprint density at radius 1 is 1.45 bits per heavy atom. The summed E-state index contributed by atoms with van der Waals surface area (Å²) in [5.41, 5.74) is -0.536. The van der Waals surface area contributed by atoms with E-state index >= 15 is 0 Å². The van der Waals surface area contributed by atoms with E-state index in [1.807, 2.05) is 27.7 Å². The van der Waals surface area contributed by atoms with Gasteiger partial charge in [-0.05, 0) is 39.5 Å². The van der Waals surface area contributed by atoms with Crippen molar-refractivity contribution in [1.82, 2.24) is 5.32 Å². The molecule has 0 spiro atoms. The molecule has 1 saturated heterocycles. The molecule has 116 valence electrons. The average Bonchev–Trinajstić information content (AvgIpc) is 2.54. The van der Waals surface area contributed by atoms with Crippen LogP contribution in [0.25, 0.3) is 0 Å². The molecule has 0 aromatic heterocycles. The predicted octanol–water partition coefficient (Wildman–Crippen LogP) is 2.88. The summed E-state index contributed by atoms with van der Waals surface area (Å²) >= 11 is 0. The third-order valence-electron chi connectivity index (χ3n) is 3.13. The maximum absolute atomic E-state index is 11.9. The van der Waals surface area contributed by atoms with Gasteiger partial charge in [0.1, 0.15) is 11.7 Å². The molecule has 1 heterocycles. The molecule has 5 nitrogen and oxygen atoms in total. The molecule has 1 N–H and O–H groups in total. The molecule has 1 rings (SSSR count). The van der Waals surface area contributed by atoms with Crippen LogP contribution in [0, 0.1) is 11.8 Å². The zero-order chi connectivity index (χ0) is 15.5. The highest BCUT2D eigenvalue weighted by atomic mass is 16.6. The first-order chi connectivity index (χ1) is 9.08. The molecule has 1 fully saturated rings. The van der Waals surface area contributed by atoms with Crippen molar-refractivity contribution in [1.29, 1.82) is 0 Å². The lowest BCUT2D eigenvalue weighted by Crippen LogP contribution is -2.46. The third-order valence-corrected chi connectivity index (χ3v) is 3.13. The number of carbonyl (C=O) groups excluding carboxylic acids is 2.